The lowest BCUT2D eigenvalue weighted by Gasteiger charge is -2.14. The Hall–Kier alpha value is -1.52. The summed E-state index contributed by atoms with van der Waals surface area (Å²) in [4.78, 5) is 0. The molecule has 0 radical (unpaired) electrons. The largest absolute Gasteiger partial charge is 0.416 e. The third kappa shape index (κ3) is 3.99. The highest BCUT2D eigenvalue weighted by Gasteiger charge is 2.30. The third-order valence-electron chi connectivity index (χ3n) is 3.20. The molecule has 1 unspecified atom stereocenters. The predicted molar refractivity (Wildman–Crippen MR) is 76.3 cm³/mol. The van der Waals surface area contributed by atoms with Crippen LogP contribution in [0.2, 0.25) is 5.02 Å². The van der Waals surface area contributed by atoms with Crippen molar-refractivity contribution in [3.63, 3.8) is 0 Å². The van der Waals surface area contributed by atoms with E-state index in [2.05, 4.69) is 0 Å². The monoisotopic (exact) mass is 314 g/mol. The van der Waals surface area contributed by atoms with E-state index in [1.165, 1.54) is 6.07 Å². The van der Waals surface area contributed by atoms with Crippen LogP contribution in [0.25, 0.3) is 0 Å². The van der Waals surface area contributed by atoms with Crippen molar-refractivity contribution in [3.05, 3.63) is 69.7 Å². The van der Waals surface area contributed by atoms with E-state index in [1.54, 1.807) is 24.3 Å². The number of aliphatic hydroxyl groups is 1. The lowest BCUT2D eigenvalue weighted by Crippen LogP contribution is -2.07. The van der Waals surface area contributed by atoms with Crippen LogP contribution >= 0.6 is 11.6 Å². The minimum atomic E-state index is -4.39. The molecule has 0 aliphatic heterocycles. The Balaban J connectivity index is 2.21. The van der Waals surface area contributed by atoms with Gasteiger partial charge in [-0.25, -0.2) is 0 Å². The molecule has 0 aromatic heterocycles. The zero-order valence-electron chi connectivity index (χ0n) is 11.3. The second-order valence-electron chi connectivity index (χ2n) is 4.94. The highest BCUT2D eigenvalue weighted by Crippen LogP contribution is 2.31. The predicted octanol–water partition coefficient (Wildman–Crippen LogP) is 4.94. The molecule has 0 bridgehead atoms. The lowest BCUT2D eigenvalue weighted by molar-refractivity contribution is -0.137. The minimum Gasteiger partial charge on any atom is -0.388 e. The summed E-state index contributed by atoms with van der Waals surface area (Å²) in [7, 11) is 0. The lowest BCUT2D eigenvalue weighted by atomic mass is 9.99. The molecule has 2 aromatic carbocycles. The van der Waals surface area contributed by atoms with Gasteiger partial charge in [-0.3, -0.25) is 0 Å². The van der Waals surface area contributed by atoms with Gasteiger partial charge in [0, 0.05) is 11.4 Å². The Labute approximate surface area is 126 Å². The molecule has 5 heteroatoms. The highest BCUT2D eigenvalue weighted by atomic mass is 35.5. The molecule has 0 amide bonds. The van der Waals surface area contributed by atoms with Crippen LogP contribution in [0.4, 0.5) is 13.2 Å². The van der Waals surface area contributed by atoms with Crippen LogP contribution in [0.1, 0.15) is 28.4 Å². The van der Waals surface area contributed by atoms with Gasteiger partial charge in [0.05, 0.1) is 11.7 Å². The van der Waals surface area contributed by atoms with E-state index >= 15 is 0 Å². The van der Waals surface area contributed by atoms with Crippen LogP contribution < -0.4 is 0 Å². The molecule has 0 fully saturated rings. The summed E-state index contributed by atoms with van der Waals surface area (Å²) in [6.07, 6.45) is -5.25. The molecule has 0 saturated carbocycles. The second-order valence-corrected chi connectivity index (χ2v) is 5.35. The van der Waals surface area contributed by atoms with Crippen LogP contribution in [0.3, 0.4) is 0 Å². The van der Waals surface area contributed by atoms with Gasteiger partial charge >= 0.3 is 6.18 Å². The van der Waals surface area contributed by atoms with Crippen molar-refractivity contribution in [2.75, 3.05) is 0 Å². The van der Waals surface area contributed by atoms with Crippen molar-refractivity contribution >= 4 is 11.6 Å². The molecule has 2 rings (SSSR count). The first kappa shape index (κ1) is 15.9. The molecule has 0 aliphatic rings. The average molecular weight is 315 g/mol. The number of aliphatic hydroxyl groups excluding tert-OH is 1. The van der Waals surface area contributed by atoms with Gasteiger partial charge in [-0.15, -0.1) is 0 Å². The summed E-state index contributed by atoms with van der Waals surface area (Å²) in [5, 5.41) is 10.6. The maximum Gasteiger partial charge on any atom is 0.416 e. The number of halogens is 4. The molecule has 1 N–H and O–H groups in total. The summed E-state index contributed by atoms with van der Waals surface area (Å²) >= 11 is 6.05. The number of alkyl halides is 3. The number of aryl methyl sites for hydroxylation is 1. The van der Waals surface area contributed by atoms with Crippen molar-refractivity contribution in [3.8, 4) is 0 Å². The SMILES string of the molecule is Cc1ccc(C(O)Cc2cccc(C(F)(F)F)c2)c(Cl)c1. The number of hydrogen-bond donors (Lipinski definition) is 1. The summed E-state index contributed by atoms with van der Waals surface area (Å²) in [5.41, 5.74) is 1.16. The van der Waals surface area contributed by atoms with Gasteiger partial charge in [-0.2, -0.15) is 13.2 Å². The first-order chi connectivity index (χ1) is 9.77. The Bertz CT molecular complexity index is 638. The van der Waals surface area contributed by atoms with Crippen LogP contribution in [0, 0.1) is 6.92 Å². The van der Waals surface area contributed by atoms with E-state index in [-0.39, 0.29) is 6.42 Å². The Kier molecular flexibility index (Phi) is 4.59. The molecule has 0 heterocycles. The van der Waals surface area contributed by atoms with E-state index in [1.807, 2.05) is 6.92 Å². The van der Waals surface area contributed by atoms with Gasteiger partial charge in [0.15, 0.2) is 0 Å². The average Bonchev–Trinajstić information content (AvgIpc) is 2.37. The van der Waals surface area contributed by atoms with Gasteiger partial charge in [0.25, 0.3) is 0 Å². The van der Waals surface area contributed by atoms with Crippen molar-refractivity contribution in [2.24, 2.45) is 0 Å². The maximum atomic E-state index is 12.7. The first-order valence-corrected chi connectivity index (χ1v) is 6.75. The molecule has 0 aliphatic carbocycles. The van der Waals surface area contributed by atoms with Crippen molar-refractivity contribution in [2.45, 2.75) is 25.6 Å². The minimum absolute atomic E-state index is 0.0761. The van der Waals surface area contributed by atoms with Crippen molar-refractivity contribution in [1.82, 2.24) is 0 Å². The quantitative estimate of drug-likeness (QED) is 0.850. The molecule has 0 spiro atoms. The molecular weight excluding hydrogens is 301 g/mol. The first-order valence-electron chi connectivity index (χ1n) is 6.37. The summed E-state index contributed by atoms with van der Waals surface area (Å²) < 4.78 is 38.0. The highest BCUT2D eigenvalue weighted by molar-refractivity contribution is 6.31. The smallest absolute Gasteiger partial charge is 0.388 e. The second kappa shape index (κ2) is 6.08. The van der Waals surface area contributed by atoms with Crippen LogP contribution in [0.15, 0.2) is 42.5 Å². The number of hydrogen-bond acceptors (Lipinski definition) is 1. The molecule has 112 valence electrons. The fourth-order valence-corrected chi connectivity index (χ4v) is 2.47. The number of benzene rings is 2. The zero-order chi connectivity index (χ0) is 15.6. The normalized spacial score (nSPS) is 13.2. The van der Waals surface area contributed by atoms with Gasteiger partial charge < -0.3 is 5.11 Å². The fraction of sp³-hybridized carbons (Fsp3) is 0.250. The van der Waals surface area contributed by atoms with Crippen molar-refractivity contribution < 1.29 is 18.3 Å². The third-order valence-corrected chi connectivity index (χ3v) is 3.53. The van der Waals surface area contributed by atoms with Crippen LogP contribution in [0.5, 0.6) is 0 Å². The van der Waals surface area contributed by atoms with Crippen molar-refractivity contribution in [1.29, 1.82) is 0 Å². The van der Waals surface area contributed by atoms with E-state index in [0.29, 0.717) is 16.1 Å². The number of rotatable bonds is 3. The van der Waals surface area contributed by atoms with Gasteiger partial charge in [-0.05, 0) is 35.7 Å². The Morgan fingerprint density at radius 3 is 2.48 bits per heavy atom. The molecule has 21 heavy (non-hydrogen) atoms. The molecule has 2 aromatic rings. The Morgan fingerprint density at radius 1 is 1.14 bits per heavy atom. The molecule has 1 atom stereocenters. The zero-order valence-corrected chi connectivity index (χ0v) is 12.0. The summed E-state index contributed by atoms with van der Waals surface area (Å²) in [6, 6.07) is 10.2. The van der Waals surface area contributed by atoms with E-state index in [9.17, 15) is 18.3 Å². The molecule has 0 saturated heterocycles. The van der Waals surface area contributed by atoms with Gasteiger partial charge in [0.1, 0.15) is 0 Å². The summed E-state index contributed by atoms with van der Waals surface area (Å²) in [5.74, 6) is 0. The van der Waals surface area contributed by atoms with Crippen LogP contribution in [-0.4, -0.2) is 5.11 Å². The Morgan fingerprint density at radius 2 is 1.86 bits per heavy atom. The van der Waals surface area contributed by atoms with E-state index < -0.39 is 17.8 Å². The van der Waals surface area contributed by atoms with E-state index in [0.717, 1.165) is 17.7 Å². The molecule has 1 nitrogen and oxygen atoms in total. The van der Waals surface area contributed by atoms with Gasteiger partial charge in [-0.1, -0.05) is 41.9 Å². The fourth-order valence-electron chi connectivity index (χ4n) is 2.11. The maximum absolute atomic E-state index is 12.7. The molecular formula is C16H14ClF3O. The van der Waals surface area contributed by atoms with Crippen LogP contribution in [-0.2, 0) is 12.6 Å². The van der Waals surface area contributed by atoms with Gasteiger partial charge in [0.2, 0.25) is 0 Å². The van der Waals surface area contributed by atoms with E-state index in [4.69, 9.17) is 11.6 Å². The topological polar surface area (TPSA) is 20.2 Å². The summed E-state index contributed by atoms with van der Waals surface area (Å²) in [6.45, 7) is 1.87. The standard InChI is InChI=1S/C16H14ClF3O/c1-10-5-6-13(14(17)7-10)15(21)9-11-3-2-4-12(8-11)16(18,19)20/h2-8,15,21H,9H2,1H3.